The molecule has 6 heteroatoms. The van der Waals surface area contributed by atoms with Crippen molar-refractivity contribution in [2.75, 3.05) is 26.3 Å². The molecule has 1 atom stereocenters. The predicted octanol–water partition coefficient (Wildman–Crippen LogP) is 2.23. The summed E-state index contributed by atoms with van der Waals surface area (Å²) in [6.07, 6.45) is 4.51. The molecule has 0 spiro atoms. The van der Waals surface area contributed by atoms with Gasteiger partial charge in [-0.3, -0.25) is 9.48 Å². The average molecular weight is 338 g/mol. The van der Waals surface area contributed by atoms with Crippen molar-refractivity contribution in [3.63, 3.8) is 0 Å². The Morgan fingerprint density at radius 2 is 2.28 bits per heavy atom. The minimum Gasteiger partial charge on any atom is -0.379 e. The van der Waals surface area contributed by atoms with Gasteiger partial charge in [0, 0.05) is 44.0 Å². The normalized spacial score (nSPS) is 18.4. The molecular weight excluding hydrogens is 316 g/mol. The van der Waals surface area contributed by atoms with Gasteiger partial charge in [-0.25, -0.2) is 0 Å². The Kier molecular flexibility index (Phi) is 4.28. The molecule has 1 N–H and O–H groups in total. The standard InChI is InChI=1S/C19H22N4O2/c1-22-18(5-7-21-22)19(24)23-8-9-25-13-15(12-23)10-14-2-3-17-16(11-14)4-6-20-17/h2-7,11,15,20H,8-10,12-13H2,1H3/t15-/m0/s1. The fourth-order valence-electron chi connectivity index (χ4n) is 3.50. The predicted molar refractivity (Wildman–Crippen MR) is 95.4 cm³/mol. The van der Waals surface area contributed by atoms with Gasteiger partial charge < -0.3 is 14.6 Å². The highest BCUT2D eigenvalue weighted by Crippen LogP contribution is 2.19. The number of rotatable bonds is 3. The van der Waals surface area contributed by atoms with E-state index in [9.17, 15) is 4.79 Å². The summed E-state index contributed by atoms with van der Waals surface area (Å²) < 4.78 is 7.39. The number of aryl methyl sites for hydroxylation is 1. The summed E-state index contributed by atoms with van der Waals surface area (Å²) in [6.45, 7) is 2.59. The summed E-state index contributed by atoms with van der Waals surface area (Å²) in [5.74, 6) is 0.313. The first kappa shape index (κ1) is 15.9. The van der Waals surface area contributed by atoms with Crippen LogP contribution >= 0.6 is 0 Å². The van der Waals surface area contributed by atoms with Gasteiger partial charge in [0.15, 0.2) is 0 Å². The summed E-state index contributed by atoms with van der Waals surface area (Å²) >= 11 is 0. The molecule has 0 unspecified atom stereocenters. The topological polar surface area (TPSA) is 63.1 Å². The van der Waals surface area contributed by atoms with E-state index in [1.807, 2.05) is 11.1 Å². The summed E-state index contributed by atoms with van der Waals surface area (Å²) in [6, 6.07) is 10.3. The molecule has 0 radical (unpaired) electrons. The van der Waals surface area contributed by atoms with Gasteiger partial charge in [0.25, 0.3) is 5.91 Å². The minimum absolute atomic E-state index is 0.0246. The zero-order valence-electron chi connectivity index (χ0n) is 14.3. The molecule has 0 aliphatic carbocycles. The van der Waals surface area contributed by atoms with E-state index in [1.54, 1.807) is 24.0 Å². The van der Waals surface area contributed by atoms with E-state index in [0.29, 0.717) is 32.0 Å². The average Bonchev–Trinajstić information content (AvgIpc) is 3.18. The molecule has 6 nitrogen and oxygen atoms in total. The maximum Gasteiger partial charge on any atom is 0.272 e. The van der Waals surface area contributed by atoms with Gasteiger partial charge in [-0.2, -0.15) is 5.10 Å². The Hall–Kier alpha value is -2.60. The van der Waals surface area contributed by atoms with Crippen molar-refractivity contribution in [1.82, 2.24) is 19.7 Å². The molecule has 1 saturated heterocycles. The first-order valence-electron chi connectivity index (χ1n) is 8.62. The Balaban J connectivity index is 1.49. The third kappa shape index (κ3) is 3.30. The van der Waals surface area contributed by atoms with Crippen molar-refractivity contribution < 1.29 is 9.53 Å². The van der Waals surface area contributed by atoms with Gasteiger partial charge in [0.1, 0.15) is 5.69 Å². The number of nitrogens with zero attached hydrogens (tertiary/aromatic N) is 3. The zero-order chi connectivity index (χ0) is 17.2. The first-order chi connectivity index (χ1) is 12.2. The molecule has 1 fully saturated rings. The van der Waals surface area contributed by atoms with Crippen molar-refractivity contribution in [3.05, 3.63) is 54.0 Å². The molecule has 130 valence electrons. The Bertz CT molecular complexity index is 882. The van der Waals surface area contributed by atoms with E-state index in [-0.39, 0.29) is 11.8 Å². The highest BCUT2D eigenvalue weighted by atomic mass is 16.5. The van der Waals surface area contributed by atoms with Crippen LogP contribution in [0.25, 0.3) is 10.9 Å². The minimum atomic E-state index is 0.0246. The summed E-state index contributed by atoms with van der Waals surface area (Å²) in [7, 11) is 1.80. The first-order valence-corrected chi connectivity index (χ1v) is 8.62. The number of aromatic nitrogens is 3. The molecule has 3 aromatic rings. The van der Waals surface area contributed by atoms with Crippen LogP contribution in [0.2, 0.25) is 0 Å². The summed E-state index contributed by atoms with van der Waals surface area (Å²) in [5.41, 5.74) is 3.04. The number of fused-ring (bicyclic) bond motifs is 1. The number of benzene rings is 1. The number of ether oxygens (including phenoxy) is 1. The molecule has 25 heavy (non-hydrogen) atoms. The maximum absolute atomic E-state index is 12.8. The van der Waals surface area contributed by atoms with Crippen molar-refractivity contribution in [3.8, 4) is 0 Å². The lowest BCUT2D eigenvalue weighted by Gasteiger charge is -2.23. The Morgan fingerprint density at radius 1 is 1.36 bits per heavy atom. The summed E-state index contributed by atoms with van der Waals surface area (Å²) in [4.78, 5) is 17.9. The van der Waals surface area contributed by atoms with Crippen LogP contribution in [0.3, 0.4) is 0 Å². The van der Waals surface area contributed by atoms with Crippen LogP contribution in [-0.2, 0) is 18.2 Å². The van der Waals surface area contributed by atoms with Crippen LogP contribution in [-0.4, -0.2) is 51.9 Å². The van der Waals surface area contributed by atoms with E-state index in [1.165, 1.54) is 10.9 Å². The van der Waals surface area contributed by atoms with Gasteiger partial charge in [-0.05, 0) is 41.6 Å². The van der Waals surface area contributed by atoms with E-state index in [0.717, 1.165) is 11.9 Å². The van der Waals surface area contributed by atoms with Gasteiger partial charge in [0.05, 0.1) is 13.2 Å². The lowest BCUT2D eigenvalue weighted by molar-refractivity contribution is 0.0726. The number of aromatic amines is 1. The number of H-pyrrole nitrogens is 1. The van der Waals surface area contributed by atoms with Crippen LogP contribution in [0, 0.1) is 5.92 Å². The van der Waals surface area contributed by atoms with Crippen LogP contribution in [0.15, 0.2) is 42.7 Å². The molecule has 1 aliphatic heterocycles. The van der Waals surface area contributed by atoms with Gasteiger partial charge in [-0.15, -0.1) is 0 Å². The number of hydrogen-bond acceptors (Lipinski definition) is 3. The molecular formula is C19H22N4O2. The fourth-order valence-corrected chi connectivity index (χ4v) is 3.50. The number of carbonyl (C=O) groups is 1. The van der Waals surface area contributed by atoms with Crippen LogP contribution in [0.5, 0.6) is 0 Å². The molecule has 3 heterocycles. The van der Waals surface area contributed by atoms with Crippen LogP contribution < -0.4 is 0 Å². The second-order valence-corrected chi connectivity index (χ2v) is 6.64. The van der Waals surface area contributed by atoms with E-state index in [2.05, 4.69) is 34.3 Å². The second-order valence-electron chi connectivity index (χ2n) is 6.64. The maximum atomic E-state index is 12.8. The zero-order valence-corrected chi connectivity index (χ0v) is 14.3. The SMILES string of the molecule is Cn1nccc1C(=O)N1CCOC[C@@H](Cc2ccc3[nH]ccc3c2)C1. The highest BCUT2D eigenvalue weighted by molar-refractivity contribution is 5.92. The van der Waals surface area contributed by atoms with E-state index in [4.69, 9.17) is 4.74 Å². The van der Waals surface area contributed by atoms with Gasteiger partial charge in [0.2, 0.25) is 0 Å². The molecule has 1 aliphatic rings. The largest absolute Gasteiger partial charge is 0.379 e. The summed E-state index contributed by atoms with van der Waals surface area (Å²) in [5, 5.41) is 5.32. The Morgan fingerprint density at radius 3 is 3.12 bits per heavy atom. The second kappa shape index (κ2) is 6.72. The molecule has 0 saturated carbocycles. The third-order valence-electron chi connectivity index (χ3n) is 4.81. The lowest BCUT2D eigenvalue weighted by atomic mass is 9.98. The molecule has 0 bridgehead atoms. The Labute approximate surface area is 146 Å². The lowest BCUT2D eigenvalue weighted by Crippen LogP contribution is -2.37. The number of carbonyl (C=O) groups excluding carboxylic acids is 1. The van der Waals surface area contributed by atoms with Gasteiger partial charge in [-0.1, -0.05) is 6.07 Å². The van der Waals surface area contributed by atoms with Crippen molar-refractivity contribution in [2.24, 2.45) is 13.0 Å². The molecule has 1 aromatic carbocycles. The number of hydrogen-bond donors (Lipinski definition) is 1. The smallest absolute Gasteiger partial charge is 0.272 e. The number of amides is 1. The monoisotopic (exact) mass is 338 g/mol. The van der Waals surface area contributed by atoms with Crippen molar-refractivity contribution >= 4 is 16.8 Å². The fraction of sp³-hybridized carbons (Fsp3) is 0.368. The third-order valence-corrected chi connectivity index (χ3v) is 4.81. The van der Waals surface area contributed by atoms with E-state index < -0.39 is 0 Å². The molecule has 2 aromatic heterocycles. The molecule has 1 amide bonds. The quantitative estimate of drug-likeness (QED) is 0.796. The van der Waals surface area contributed by atoms with Gasteiger partial charge >= 0.3 is 0 Å². The van der Waals surface area contributed by atoms with Crippen LogP contribution in [0.4, 0.5) is 0 Å². The van der Waals surface area contributed by atoms with Crippen molar-refractivity contribution in [1.29, 1.82) is 0 Å². The van der Waals surface area contributed by atoms with Crippen molar-refractivity contribution in [2.45, 2.75) is 6.42 Å². The number of nitrogens with one attached hydrogen (secondary N) is 1. The van der Waals surface area contributed by atoms with Crippen LogP contribution in [0.1, 0.15) is 16.1 Å². The highest BCUT2D eigenvalue weighted by Gasteiger charge is 2.25. The van der Waals surface area contributed by atoms with E-state index >= 15 is 0 Å². The molecule has 4 rings (SSSR count).